The summed E-state index contributed by atoms with van der Waals surface area (Å²) in [7, 11) is 0. The zero-order chi connectivity index (χ0) is 20.0. The van der Waals surface area contributed by atoms with E-state index in [0.29, 0.717) is 0 Å². The Labute approximate surface area is 168 Å². The summed E-state index contributed by atoms with van der Waals surface area (Å²) < 4.78 is 2.19. The summed E-state index contributed by atoms with van der Waals surface area (Å²) in [5.74, 6) is -0.745. The molecule has 0 atom stereocenters. The topological polar surface area (TPSA) is 68.2 Å². The van der Waals surface area contributed by atoms with Crippen molar-refractivity contribution in [1.82, 2.24) is 4.57 Å². The molecule has 0 saturated heterocycles. The number of hydrogen-bond acceptors (Lipinski definition) is 2. The highest BCUT2D eigenvalue weighted by molar-refractivity contribution is 5.96. The minimum absolute atomic E-state index is 0.103. The second kappa shape index (κ2) is 6.67. The molecule has 0 spiro atoms. The van der Waals surface area contributed by atoms with Gasteiger partial charge in [0.2, 0.25) is 0 Å². The van der Waals surface area contributed by atoms with Crippen LogP contribution in [0, 0.1) is 0 Å². The van der Waals surface area contributed by atoms with E-state index in [4.69, 9.17) is 5.73 Å². The maximum Gasteiger partial charge on any atom is 0.252 e. The molecule has 4 heteroatoms. The van der Waals surface area contributed by atoms with Gasteiger partial charge in [-0.25, -0.2) is 0 Å². The first-order chi connectivity index (χ1) is 14.1. The molecule has 4 aromatic rings. The summed E-state index contributed by atoms with van der Waals surface area (Å²) in [6.45, 7) is 0. The largest absolute Gasteiger partial charge is 0.507 e. The number of primary amides is 1. The van der Waals surface area contributed by atoms with Crippen LogP contribution < -0.4 is 5.73 Å². The molecule has 1 heterocycles. The van der Waals surface area contributed by atoms with E-state index in [0.717, 1.165) is 29.8 Å². The van der Waals surface area contributed by atoms with E-state index in [2.05, 4.69) is 47.0 Å². The van der Waals surface area contributed by atoms with Gasteiger partial charge < -0.3 is 15.4 Å². The van der Waals surface area contributed by atoms with Gasteiger partial charge in [-0.2, -0.15) is 0 Å². The van der Waals surface area contributed by atoms with Crippen LogP contribution in [0.3, 0.4) is 0 Å². The zero-order valence-corrected chi connectivity index (χ0v) is 15.8. The van der Waals surface area contributed by atoms with E-state index in [-0.39, 0.29) is 11.3 Å². The molecule has 1 aliphatic rings. The van der Waals surface area contributed by atoms with Crippen LogP contribution in [-0.2, 0) is 12.8 Å². The summed E-state index contributed by atoms with van der Waals surface area (Å²) in [5.41, 5.74) is 13.6. The van der Waals surface area contributed by atoms with Gasteiger partial charge in [-0.05, 0) is 53.8 Å². The molecule has 1 aliphatic carbocycles. The lowest BCUT2D eigenvalue weighted by Gasteiger charge is -2.20. The van der Waals surface area contributed by atoms with Crippen molar-refractivity contribution in [2.45, 2.75) is 12.8 Å². The van der Waals surface area contributed by atoms with Crippen molar-refractivity contribution in [3.05, 3.63) is 95.7 Å². The van der Waals surface area contributed by atoms with Gasteiger partial charge in [0, 0.05) is 16.9 Å². The number of amides is 1. The van der Waals surface area contributed by atoms with Gasteiger partial charge in [0.25, 0.3) is 5.91 Å². The zero-order valence-electron chi connectivity index (χ0n) is 15.8. The number of rotatable bonds is 3. The summed E-state index contributed by atoms with van der Waals surface area (Å²) in [5, 5.41) is 10.0. The van der Waals surface area contributed by atoms with Gasteiger partial charge in [0.05, 0.1) is 11.3 Å². The highest BCUT2D eigenvalue weighted by Gasteiger charge is 2.24. The number of aryl methyl sites for hydroxylation is 1. The number of carbonyl (C=O) groups excluding carboxylic acids is 1. The van der Waals surface area contributed by atoms with E-state index < -0.39 is 5.91 Å². The highest BCUT2D eigenvalue weighted by Crippen LogP contribution is 2.40. The van der Waals surface area contributed by atoms with Crippen LogP contribution in [0.1, 0.15) is 21.6 Å². The number of carbonyl (C=O) groups is 1. The molecule has 0 aliphatic heterocycles. The molecule has 3 N–H and O–H groups in total. The first-order valence-electron chi connectivity index (χ1n) is 9.65. The third-order valence-electron chi connectivity index (χ3n) is 5.61. The molecule has 0 radical (unpaired) electrons. The van der Waals surface area contributed by atoms with Crippen molar-refractivity contribution in [1.29, 1.82) is 0 Å². The Hall–Kier alpha value is -3.79. The molecule has 3 aromatic carbocycles. The Morgan fingerprint density at radius 2 is 1.62 bits per heavy atom. The summed E-state index contributed by atoms with van der Waals surface area (Å²) in [6.07, 6.45) is 1.86. The van der Waals surface area contributed by atoms with Crippen molar-refractivity contribution >= 4 is 5.91 Å². The minimum Gasteiger partial charge on any atom is -0.507 e. The minimum atomic E-state index is -0.642. The fraction of sp³-hybridized carbons (Fsp3) is 0.0800. The standard InChI is InChI=1S/C25H20N2O2/c26-25(29)21-14-18(11-13-24(21)28)27-22-12-10-16-6-4-5-9-19(16)20(22)15-23(27)17-7-2-1-3-8-17/h1-9,11,13-15,28H,10,12H2,(H2,26,29). The van der Waals surface area contributed by atoms with Crippen molar-refractivity contribution in [3.63, 3.8) is 0 Å². The van der Waals surface area contributed by atoms with Crippen molar-refractivity contribution in [2.24, 2.45) is 5.73 Å². The molecule has 29 heavy (non-hydrogen) atoms. The summed E-state index contributed by atoms with van der Waals surface area (Å²) in [4.78, 5) is 11.8. The van der Waals surface area contributed by atoms with Gasteiger partial charge in [0.1, 0.15) is 5.75 Å². The molecule has 1 amide bonds. The van der Waals surface area contributed by atoms with Crippen LogP contribution in [0.4, 0.5) is 0 Å². The van der Waals surface area contributed by atoms with Crippen LogP contribution in [0.15, 0.2) is 78.9 Å². The SMILES string of the molecule is NC(=O)c1cc(-n2c(-c3ccccc3)cc3c2CCc2ccccc2-3)ccc1O. The smallest absolute Gasteiger partial charge is 0.252 e. The normalized spacial score (nSPS) is 12.3. The van der Waals surface area contributed by atoms with Crippen LogP contribution >= 0.6 is 0 Å². The lowest BCUT2D eigenvalue weighted by molar-refractivity contribution is 0.0997. The van der Waals surface area contributed by atoms with E-state index in [1.54, 1.807) is 6.07 Å². The fourth-order valence-electron chi connectivity index (χ4n) is 4.26. The number of aromatic hydroxyl groups is 1. The predicted octanol–water partition coefficient (Wildman–Crippen LogP) is 4.71. The number of aromatic nitrogens is 1. The van der Waals surface area contributed by atoms with Gasteiger partial charge in [-0.1, -0.05) is 54.6 Å². The van der Waals surface area contributed by atoms with Crippen LogP contribution in [0.5, 0.6) is 5.75 Å². The Kier molecular flexibility index (Phi) is 3.98. The fourth-order valence-corrected chi connectivity index (χ4v) is 4.26. The Morgan fingerprint density at radius 3 is 2.41 bits per heavy atom. The number of nitrogens with two attached hydrogens (primary N) is 1. The highest BCUT2D eigenvalue weighted by atomic mass is 16.3. The second-order valence-corrected chi connectivity index (χ2v) is 7.31. The molecule has 0 unspecified atom stereocenters. The van der Waals surface area contributed by atoms with Crippen LogP contribution in [0.25, 0.3) is 28.1 Å². The lowest BCUT2D eigenvalue weighted by Crippen LogP contribution is -2.13. The van der Waals surface area contributed by atoms with E-state index in [1.165, 1.54) is 28.5 Å². The quantitative estimate of drug-likeness (QED) is 0.540. The van der Waals surface area contributed by atoms with Gasteiger partial charge in [0.15, 0.2) is 0 Å². The monoisotopic (exact) mass is 380 g/mol. The third kappa shape index (κ3) is 2.81. The summed E-state index contributed by atoms with van der Waals surface area (Å²) in [6, 6.07) is 26.0. The third-order valence-corrected chi connectivity index (χ3v) is 5.61. The number of phenols is 1. The molecule has 0 fully saturated rings. The summed E-state index contributed by atoms with van der Waals surface area (Å²) >= 11 is 0. The van der Waals surface area contributed by atoms with Crippen molar-refractivity contribution in [2.75, 3.05) is 0 Å². The molecule has 0 bridgehead atoms. The second-order valence-electron chi connectivity index (χ2n) is 7.31. The molecule has 0 saturated carbocycles. The Bertz CT molecular complexity index is 1240. The van der Waals surface area contributed by atoms with Crippen molar-refractivity contribution < 1.29 is 9.90 Å². The van der Waals surface area contributed by atoms with Crippen molar-refractivity contribution in [3.8, 4) is 33.8 Å². The average molecular weight is 380 g/mol. The Morgan fingerprint density at radius 1 is 0.862 bits per heavy atom. The number of nitrogens with zero attached hydrogens (tertiary/aromatic N) is 1. The number of fused-ring (bicyclic) bond motifs is 3. The molecule has 4 nitrogen and oxygen atoms in total. The molecular weight excluding hydrogens is 360 g/mol. The maximum absolute atomic E-state index is 11.8. The van der Waals surface area contributed by atoms with Gasteiger partial charge >= 0.3 is 0 Å². The van der Waals surface area contributed by atoms with E-state index >= 15 is 0 Å². The maximum atomic E-state index is 11.8. The molecule has 5 rings (SSSR count). The van der Waals surface area contributed by atoms with E-state index in [9.17, 15) is 9.90 Å². The predicted molar refractivity (Wildman–Crippen MR) is 114 cm³/mol. The Balaban J connectivity index is 1.81. The van der Waals surface area contributed by atoms with Crippen LogP contribution in [0.2, 0.25) is 0 Å². The molecule has 1 aromatic heterocycles. The van der Waals surface area contributed by atoms with E-state index in [1.807, 2.05) is 24.3 Å². The first kappa shape index (κ1) is 17.3. The number of hydrogen-bond donors (Lipinski definition) is 2. The molecule has 142 valence electrons. The molecular formula is C25H20N2O2. The average Bonchev–Trinajstić information content (AvgIpc) is 3.15. The van der Waals surface area contributed by atoms with Gasteiger partial charge in [-0.15, -0.1) is 0 Å². The lowest BCUT2D eigenvalue weighted by atomic mass is 9.90. The number of benzene rings is 3. The van der Waals surface area contributed by atoms with Gasteiger partial charge in [-0.3, -0.25) is 4.79 Å². The first-order valence-corrected chi connectivity index (χ1v) is 9.65. The van der Waals surface area contributed by atoms with Crippen LogP contribution in [-0.4, -0.2) is 15.6 Å².